The molecule has 4 aliphatic rings. The molecule has 4 nitrogen and oxygen atoms in total. The third kappa shape index (κ3) is 3.11. The highest BCUT2D eigenvalue weighted by Crippen LogP contribution is 2.62. The molecule has 0 saturated heterocycles. The van der Waals surface area contributed by atoms with Crippen LogP contribution in [-0.4, -0.2) is 25.8 Å². The van der Waals surface area contributed by atoms with E-state index in [9.17, 15) is 9.59 Å². The van der Waals surface area contributed by atoms with Crippen LogP contribution in [0.2, 0.25) is 0 Å². The van der Waals surface area contributed by atoms with Crippen molar-refractivity contribution in [3.8, 4) is 5.75 Å². The van der Waals surface area contributed by atoms with E-state index in [0.717, 1.165) is 29.7 Å². The number of ether oxygens (including phenoxy) is 2. The van der Waals surface area contributed by atoms with Crippen molar-refractivity contribution in [3.05, 3.63) is 88.8 Å². The van der Waals surface area contributed by atoms with Gasteiger partial charge in [-0.15, -0.1) is 0 Å². The van der Waals surface area contributed by atoms with Crippen molar-refractivity contribution >= 4 is 11.6 Å². The van der Waals surface area contributed by atoms with Crippen LogP contribution in [0.3, 0.4) is 0 Å². The van der Waals surface area contributed by atoms with Gasteiger partial charge in [0.2, 0.25) is 0 Å². The monoisotopic (exact) mass is 442 g/mol. The molecule has 0 spiro atoms. The van der Waals surface area contributed by atoms with E-state index in [-0.39, 0.29) is 29.3 Å². The molecular weight excluding hydrogens is 412 g/mol. The van der Waals surface area contributed by atoms with Crippen LogP contribution in [0.25, 0.3) is 0 Å². The number of ketones is 2. The summed E-state index contributed by atoms with van der Waals surface area (Å²) in [5, 5.41) is 0. The molecule has 4 aliphatic carbocycles. The molecule has 2 fully saturated rings. The van der Waals surface area contributed by atoms with Crippen molar-refractivity contribution in [3.63, 3.8) is 0 Å². The SMILES string of the molecule is C=C(C)C(=COC)C(=O)C1CCC2C(=O)C3=CC4=C(C=CC4)C3CC12c1ccc(OC)cc1. The van der Waals surface area contributed by atoms with Gasteiger partial charge in [0.1, 0.15) is 5.75 Å². The second-order valence-electron chi connectivity index (χ2n) is 9.67. The zero-order chi connectivity index (χ0) is 23.3. The normalized spacial score (nSPS) is 30.0. The van der Waals surface area contributed by atoms with Gasteiger partial charge in [0.15, 0.2) is 11.6 Å². The molecule has 4 atom stereocenters. The highest BCUT2D eigenvalue weighted by Gasteiger charge is 2.61. The summed E-state index contributed by atoms with van der Waals surface area (Å²) >= 11 is 0. The molecule has 4 heteroatoms. The van der Waals surface area contributed by atoms with Gasteiger partial charge in [-0.1, -0.05) is 36.9 Å². The van der Waals surface area contributed by atoms with Crippen molar-refractivity contribution in [2.45, 2.75) is 38.0 Å². The van der Waals surface area contributed by atoms with E-state index < -0.39 is 5.41 Å². The van der Waals surface area contributed by atoms with Crippen molar-refractivity contribution in [1.82, 2.24) is 0 Å². The van der Waals surface area contributed by atoms with Crippen molar-refractivity contribution in [1.29, 1.82) is 0 Å². The van der Waals surface area contributed by atoms with Crippen LogP contribution in [0, 0.1) is 17.8 Å². The molecule has 2 saturated carbocycles. The number of carbonyl (C=O) groups excluding carboxylic acids is 2. The van der Waals surface area contributed by atoms with E-state index >= 15 is 0 Å². The highest BCUT2D eigenvalue weighted by molar-refractivity contribution is 6.06. The molecule has 5 rings (SSSR count). The molecule has 170 valence electrons. The smallest absolute Gasteiger partial charge is 0.170 e. The van der Waals surface area contributed by atoms with Gasteiger partial charge < -0.3 is 9.47 Å². The summed E-state index contributed by atoms with van der Waals surface area (Å²) in [5.74, 6) is 0.541. The lowest BCUT2D eigenvalue weighted by molar-refractivity contribution is -0.126. The van der Waals surface area contributed by atoms with Gasteiger partial charge in [-0.2, -0.15) is 0 Å². The van der Waals surface area contributed by atoms with E-state index in [1.54, 1.807) is 14.2 Å². The Hall–Kier alpha value is -3.14. The third-order valence-electron chi connectivity index (χ3n) is 8.12. The van der Waals surface area contributed by atoms with Gasteiger partial charge in [0, 0.05) is 28.7 Å². The van der Waals surface area contributed by atoms with Gasteiger partial charge in [-0.25, -0.2) is 0 Å². The Kier molecular flexibility index (Phi) is 5.27. The fourth-order valence-electron chi connectivity index (χ4n) is 6.68. The first-order chi connectivity index (χ1) is 15.9. The van der Waals surface area contributed by atoms with Crippen LogP contribution in [0.4, 0.5) is 0 Å². The molecule has 1 aromatic carbocycles. The molecule has 0 N–H and O–H groups in total. The summed E-state index contributed by atoms with van der Waals surface area (Å²) in [7, 11) is 3.19. The quantitative estimate of drug-likeness (QED) is 0.335. The lowest BCUT2D eigenvalue weighted by Gasteiger charge is -2.46. The number of Topliss-reactive ketones (excluding diaryl/α,β-unsaturated/α-hetero) is 2. The number of benzene rings is 1. The number of fused-ring (bicyclic) bond motifs is 3. The summed E-state index contributed by atoms with van der Waals surface area (Å²) in [6.07, 6.45) is 11.0. The van der Waals surface area contributed by atoms with Gasteiger partial charge >= 0.3 is 0 Å². The minimum atomic E-state index is -0.566. The molecule has 4 unspecified atom stereocenters. The molecular formula is C29H30O4. The van der Waals surface area contributed by atoms with E-state index in [1.807, 2.05) is 19.1 Å². The maximum atomic E-state index is 14.0. The Labute approximate surface area is 195 Å². The minimum Gasteiger partial charge on any atom is -0.504 e. The Morgan fingerprint density at radius 1 is 1.18 bits per heavy atom. The number of allylic oxidation sites excluding steroid dienone is 8. The molecule has 0 amide bonds. The average molecular weight is 443 g/mol. The van der Waals surface area contributed by atoms with Gasteiger partial charge in [-0.3, -0.25) is 9.59 Å². The second kappa shape index (κ2) is 8.02. The van der Waals surface area contributed by atoms with Crippen LogP contribution in [0.1, 0.15) is 38.2 Å². The van der Waals surface area contributed by atoms with Gasteiger partial charge in [0.05, 0.1) is 26.1 Å². The predicted molar refractivity (Wildman–Crippen MR) is 128 cm³/mol. The van der Waals surface area contributed by atoms with Gasteiger partial charge in [0.25, 0.3) is 0 Å². The largest absolute Gasteiger partial charge is 0.504 e. The van der Waals surface area contributed by atoms with Crippen molar-refractivity contribution in [2.75, 3.05) is 14.2 Å². The minimum absolute atomic E-state index is 0.0251. The lowest BCUT2D eigenvalue weighted by Crippen LogP contribution is -2.49. The zero-order valence-corrected chi connectivity index (χ0v) is 19.5. The van der Waals surface area contributed by atoms with E-state index in [2.05, 4.69) is 36.9 Å². The van der Waals surface area contributed by atoms with E-state index in [1.165, 1.54) is 17.4 Å². The highest BCUT2D eigenvalue weighted by atomic mass is 16.5. The van der Waals surface area contributed by atoms with Gasteiger partial charge in [-0.05, 0) is 67.0 Å². The lowest BCUT2D eigenvalue weighted by atomic mass is 9.55. The topological polar surface area (TPSA) is 52.6 Å². The Morgan fingerprint density at radius 3 is 2.61 bits per heavy atom. The molecule has 0 heterocycles. The predicted octanol–water partition coefficient (Wildman–Crippen LogP) is 5.42. The standard InChI is InChI=1S/C29H30O4/c1-17(2)24(16-32-3)28(31)26-13-12-25-27(30)22-14-18-6-5-7-21(18)23(22)15-29(25,26)19-8-10-20(33-4)11-9-19/h5,7-11,14,16,23,25-26H,1,6,12-13,15H2,2-4H3. The molecule has 0 bridgehead atoms. The first-order valence-corrected chi connectivity index (χ1v) is 11.6. The fraction of sp³-hybridized carbons (Fsp3) is 0.379. The van der Waals surface area contributed by atoms with E-state index in [4.69, 9.17) is 9.47 Å². The summed E-state index contributed by atoms with van der Waals surface area (Å²) in [4.78, 5) is 27.9. The number of hydrogen-bond acceptors (Lipinski definition) is 4. The van der Waals surface area contributed by atoms with Crippen LogP contribution in [-0.2, 0) is 19.7 Å². The molecule has 0 aliphatic heterocycles. The first kappa shape index (κ1) is 21.7. The van der Waals surface area contributed by atoms with Crippen molar-refractivity contribution < 1.29 is 19.1 Å². The molecule has 0 aromatic heterocycles. The number of methoxy groups -OCH3 is 2. The number of hydrogen-bond donors (Lipinski definition) is 0. The maximum Gasteiger partial charge on any atom is 0.170 e. The summed E-state index contributed by atoms with van der Waals surface area (Å²) in [6, 6.07) is 7.98. The van der Waals surface area contributed by atoms with Crippen LogP contribution >= 0.6 is 0 Å². The zero-order valence-electron chi connectivity index (χ0n) is 19.5. The van der Waals surface area contributed by atoms with Crippen molar-refractivity contribution in [2.24, 2.45) is 17.8 Å². The summed E-state index contributed by atoms with van der Waals surface area (Å²) < 4.78 is 10.6. The maximum absolute atomic E-state index is 14.0. The number of rotatable bonds is 6. The Morgan fingerprint density at radius 2 is 1.94 bits per heavy atom. The number of carbonyl (C=O) groups is 2. The van der Waals surface area contributed by atoms with Crippen LogP contribution in [0.5, 0.6) is 5.75 Å². The average Bonchev–Trinajstić information content (AvgIpc) is 3.51. The van der Waals surface area contributed by atoms with E-state index in [0.29, 0.717) is 24.0 Å². The Balaban J connectivity index is 1.67. The fourth-order valence-corrected chi connectivity index (χ4v) is 6.68. The summed E-state index contributed by atoms with van der Waals surface area (Å²) in [6.45, 7) is 5.85. The molecule has 1 aromatic rings. The summed E-state index contributed by atoms with van der Waals surface area (Å²) in [5.41, 5.74) is 5.14. The van der Waals surface area contributed by atoms with Crippen LogP contribution in [0.15, 0.2) is 83.2 Å². The Bertz CT molecular complexity index is 1160. The second-order valence-corrected chi connectivity index (χ2v) is 9.67. The molecule has 0 radical (unpaired) electrons. The van der Waals surface area contributed by atoms with Crippen LogP contribution < -0.4 is 4.74 Å². The molecule has 33 heavy (non-hydrogen) atoms. The third-order valence-corrected chi connectivity index (χ3v) is 8.12. The first-order valence-electron chi connectivity index (χ1n) is 11.6.